The normalized spacial score (nSPS) is 10.7. The first-order valence-corrected chi connectivity index (χ1v) is 7.32. The van der Waals surface area contributed by atoms with Gasteiger partial charge in [0.25, 0.3) is 5.91 Å². The molecule has 1 rings (SSSR count). The Labute approximate surface area is 118 Å². The molecule has 1 aromatic heterocycles. The van der Waals surface area contributed by atoms with E-state index >= 15 is 0 Å². The summed E-state index contributed by atoms with van der Waals surface area (Å²) in [6, 6.07) is 1.97. The molecule has 0 aromatic carbocycles. The van der Waals surface area contributed by atoms with Crippen molar-refractivity contribution in [1.82, 2.24) is 4.90 Å². The van der Waals surface area contributed by atoms with E-state index in [4.69, 9.17) is 18.0 Å². The molecule has 0 unspecified atom stereocenters. The molecule has 0 saturated heterocycles. The van der Waals surface area contributed by atoms with Crippen molar-refractivity contribution in [3.63, 3.8) is 0 Å². The van der Waals surface area contributed by atoms with Crippen LogP contribution in [0.1, 0.15) is 35.5 Å². The van der Waals surface area contributed by atoms with Crippen molar-refractivity contribution in [2.45, 2.75) is 27.2 Å². The average Bonchev–Trinajstić information content (AvgIpc) is 2.69. The zero-order valence-corrected chi connectivity index (χ0v) is 12.7. The minimum absolute atomic E-state index is 0.0902. The Balaban J connectivity index is 2.78. The van der Waals surface area contributed by atoms with Gasteiger partial charge in [-0.1, -0.05) is 26.1 Å². The molecule has 1 aromatic rings. The van der Waals surface area contributed by atoms with Gasteiger partial charge in [0.1, 0.15) is 0 Å². The van der Waals surface area contributed by atoms with E-state index in [9.17, 15) is 4.79 Å². The number of nitrogens with zero attached hydrogens (tertiary/aromatic N) is 1. The highest BCUT2D eigenvalue weighted by Gasteiger charge is 2.19. The molecule has 0 aliphatic heterocycles. The molecule has 0 radical (unpaired) electrons. The topological polar surface area (TPSA) is 46.3 Å². The van der Waals surface area contributed by atoms with Gasteiger partial charge >= 0.3 is 0 Å². The summed E-state index contributed by atoms with van der Waals surface area (Å²) in [4.78, 5) is 15.6. The second-order valence-corrected chi connectivity index (χ2v) is 6.23. The Bertz CT molecular complexity index is 426. The summed E-state index contributed by atoms with van der Waals surface area (Å²) in [5.74, 6) is 0.521. The number of amides is 1. The van der Waals surface area contributed by atoms with Gasteiger partial charge < -0.3 is 10.6 Å². The van der Waals surface area contributed by atoms with Crippen LogP contribution in [0.25, 0.3) is 0 Å². The molecule has 100 valence electrons. The highest BCUT2D eigenvalue weighted by Crippen LogP contribution is 2.18. The fourth-order valence-electron chi connectivity index (χ4n) is 1.70. The van der Waals surface area contributed by atoms with E-state index in [0.29, 0.717) is 23.9 Å². The van der Waals surface area contributed by atoms with Gasteiger partial charge in [-0.2, -0.15) is 0 Å². The summed E-state index contributed by atoms with van der Waals surface area (Å²) in [6.07, 6.45) is 0.582. The first kappa shape index (κ1) is 15.1. The molecule has 5 heteroatoms. The largest absolute Gasteiger partial charge is 0.393 e. The molecule has 18 heavy (non-hydrogen) atoms. The van der Waals surface area contributed by atoms with Crippen molar-refractivity contribution in [1.29, 1.82) is 0 Å². The van der Waals surface area contributed by atoms with Crippen LogP contribution in [0.2, 0.25) is 0 Å². The van der Waals surface area contributed by atoms with Gasteiger partial charge in [0.2, 0.25) is 0 Å². The van der Waals surface area contributed by atoms with Crippen LogP contribution in [0.3, 0.4) is 0 Å². The van der Waals surface area contributed by atoms with Crippen molar-refractivity contribution in [3.05, 3.63) is 21.9 Å². The summed E-state index contributed by atoms with van der Waals surface area (Å²) >= 11 is 6.37. The number of hydrogen-bond acceptors (Lipinski definition) is 3. The number of aryl methyl sites for hydroxylation is 1. The van der Waals surface area contributed by atoms with Gasteiger partial charge in [0, 0.05) is 19.5 Å². The molecule has 1 heterocycles. The molecule has 0 saturated carbocycles. The van der Waals surface area contributed by atoms with Crippen LogP contribution < -0.4 is 5.73 Å². The van der Waals surface area contributed by atoms with E-state index in [0.717, 1.165) is 17.0 Å². The van der Waals surface area contributed by atoms with Gasteiger partial charge in [-0.3, -0.25) is 4.79 Å². The van der Waals surface area contributed by atoms with Crippen LogP contribution in [0.15, 0.2) is 11.4 Å². The molecule has 3 nitrogen and oxygen atoms in total. The molecule has 0 aliphatic rings. The fraction of sp³-hybridized carbons (Fsp3) is 0.538. The van der Waals surface area contributed by atoms with Gasteiger partial charge in [-0.25, -0.2) is 0 Å². The lowest BCUT2D eigenvalue weighted by Gasteiger charge is -2.24. The zero-order chi connectivity index (χ0) is 13.7. The van der Waals surface area contributed by atoms with E-state index in [1.165, 1.54) is 11.3 Å². The summed E-state index contributed by atoms with van der Waals surface area (Å²) in [5.41, 5.74) is 6.55. The zero-order valence-electron chi connectivity index (χ0n) is 11.1. The highest BCUT2D eigenvalue weighted by molar-refractivity contribution is 7.80. The van der Waals surface area contributed by atoms with Crippen molar-refractivity contribution >= 4 is 34.5 Å². The number of carbonyl (C=O) groups excluding carboxylic acids is 1. The molecule has 0 spiro atoms. The Morgan fingerprint density at radius 3 is 2.67 bits per heavy atom. The maximum absolute atomic E-state index is 12.4. The lowest BCUT2D eigenvalue weighted by Crippen LogP contribution is -2.36. The van der Waals surface area contributed by atoms with Crippen LogP contribution >= 0.6 is 23.6 Å². The van der Waals surface area contributed by atoms with Crippen LogP contribution in [0.5, 0.6) is 0 Å². The van der Waals surface area contributed by atoms with Crippen LogP contribution in [0.4, 0.5) is 0 Å². The quantitative estimate of drug-likeness (QED) is 0.817. The third-order valence-electron chi connectivity index (χ3n) is 2.56. The standard InChI is InChI=1S/C13H20N2OS2/c1-9(2)8-15(6-4-11(14)17)13(16)12-10(3)5-7-18-12/h5,7,9H,4,6,8H2,1-3H3,(H2,14,17). The number of hydrogen-bond donors (Lipinski definition) is 1. The lowest BCUT2D eigenvalue weighted by atomic mass is 10.2. The van der Waals surface area contributed by atoms with Gasteiger partial charge in [-0.05, 0) is 29.9 Å². The minimum atomic E-state index is 0.0902. The predicted molar refractivity (Wildman–Crippen MR) is 81.2 cm³/mol. The SMILES string of the molecule is Cc1ccsc1C(=O)N(CCC(N)=S)CC(C)C. The Hall–Kier alpha value is -0.940. The van der Waals surface area contributed by atoms with E-state index in [2.05, 4.69) is 13.8 Å². The highest BCUT2D eigenvalue weighted by atomic mass is 32.1. The van der Waals surface area contributed by atoms with Crippen molar-refractivity contribution in [2.75, 3.05) is 13.1 Å². The third-order valence-corrected chi connectivity index (χ3v) is 3.77. The van der Waals surface area contributed by atoms with E-state index in [1.54, 1.807) is 0 Å². The minimum Gasteiger partial charge on any atom is -0.393 e. The number of thiocarbonyl (C=S) groups is 1. The van der Waals surface area contributed by atoms with Crippen LogP contribution in [0, 0.1) is 12.8 Å². The maximum Gasteiger partial charge on any atom is 0.264 e. The molecular formula is C13H20N2OS2. The Morgan fingerprint density at radius 1 is 1.56 bits per heavy atom. The molecule has 0 aliphatic carbocycles. The fourth-order valence-corrected chi connectivity index (χ4v) is 2.68. The first-order chi connectivity index (χ1) is 8.41. The monoisotopic (exact) mass is 284 g/mol. The third kappa shape index (κ3) is 4.38. The number of thiophene rings is 1. The molecular weight excluding hydrogens is 264 g/mol. The molecule has 0 atom stereocenters. The summed E-state index contributed by atoms with van der Waals surface area (Å²) in [7, 11) is 0. The average molecular weight is 284 g/mol. The second kappa shape index (κ2) is 6.85. The van der Waals surface area contributed by atoms with Gasteiger partial charge in [0.05, 0.1) is 9.87 Å². The molecule has 0 bridgehead atoms. The van der Waals surface area contributed by atoms with E-state index in [-0.39, 0.29) is 5.91 Å². The van der Waals surface area contributed by atoms with E-state index in [1.807, 2.05) is 23.3 Å². The number of carbonyl (C=O) groups is 1. The van der Waals surface area contributed by atoms with Gasteiger partial charge in [-0.15, -0.1) is 11.3 Å². The summed E-state index contributed by atoms with van der Waals surface area (Å²) in [5, 5.41) is 1.95. The van der Waals surface area contributed by atoms with Gasteiger partial charge in [0.15, 0.2) is 0 Å². The smallest absolute Gasteiger partial charge is 0.264 e. The summed E-state index contributed by atoms with van der Waals surface area (Å²) in [6.45, 7) is 7.50. The Kier molecular flexibility index (Phi) is 5.75. The van der Waals surface area contributed by atoms with Crippen molar-refractivity contribution in [3.8, 4) is 0 Å². The molecule has 0 fully saturated rings. The van der Waals surface area contributed by atoms with Crippen molar-refractivity contribution < 1.29 is 4.79 Å². The van der Waals surface area contributed by atoms with E-state index < -0.39 is 0 Å². The predicted octanol–water partition coefficient (Wildman–Crippen LogP) is 2.83. The molecule has 1 amide bonds. The lowest BCUT2D eigenvalue weighted by molar-refractivity contribution is 0.0745. The van der Waals surface area contributed by atoms with Crippen LogP contribution in [-0.2, 0) is 0 Å². The number of nitrogens with two attached hydrogens (primary N) is 1. The van der Waals surface area contributed by atoms with Crippen molar-refractivity contribution in [2.24, 2.45) is 11.7 Å². The maximum atomic E-state index is 12.4. The number of rotatable bonds is 6. The van der Waals surface area contributed by atoms with Crippen LogP contribution in [-0.4, -0.2) is 28.9 Å². The Morgan fingerprint density at radius 2 is 2.22 bits per heavy atom. The molecule has 2 N–H and O–H groups in total. The second-order valence-electron chi connectivity index (χ2n) is 4.79. The summed E-state index contributed by atoms with van der Waals surface area (Å²) < 4.78 is 0. The first-order valence-electron chi connectivity index (χ1n) is 6.03.